The molecule has 1 saturated heterocycles. The van der Waals surface area contributed by atoms with E-state index in [1.165, 1.54) is 43.5 Å². The van der Waals surface area contributed by atoms with Gasteiger partial charge in [-0.2, -0.15) is 0 Å². The van der Waals surface area contributed by atoms with Gasteiger partial charge in [0.25, 0.3) is 5.91 Å². The van der Waals surface area contributed by atoms with Crippen LogP contribution in [0.4, 0.5) is 21.0 Å². The second-order valence-corrected chi connectivity index (χ2v) is 32.5. The summed E-state index contributed by atoms with van der Waals surface area (Å²) in [6.45, 7) is 16.8. The first-order valence-electron chi connectivity index (χ1n) is 38.6. The van der Waals surface area contributed by atoms with Crippen LogP contribution in [0.25, 0.3) is 0 Å². The van der Waals surface area contributed by atoms with Crippen molar-refractivity contribution in [3.63, 3.8) is 0 Å². The summed E-state index contributed by atoms with van der Waals surface area (Å²) in [5.41, 5.74) is -1.49. The molecule has 1 heterocycles. The number of carbonyl (C=O) groups excluding carboxylic acids is 8. The van der Waals surface area contributed by atoms with Crippen LogP contribution in [0.1, 0.15) is 176 Å². The van der Waals surface area contributed by atoms with Crippen molar-refractivity contribution in [2.45, 2.75) is 205 Å². The Morgan fingerprint density at radius 2 is 1.34 bits per heavy atom. The highest BCUT2D eigenvalue weighted by Gasteiger charge is 2.79. The number of ether oxygens (including phenoxy) is 7. The van der Waals surface area contributed by atoms with E-state index in [4.69, 9.17) is 33.2 Å². The number of nitrogens with one attached hydrogen (secondary N) is 3. The van der Waals surface area contributed by atoms with Crippen molar-refractivity contribution in [1.29, 1.82) is 0 Å². The predicted octanol–water partition coefficient (Wildman–Crippen LogP) is 14.3. The Bertz CT molecular complexity index is 4460. The molecule has 5 aromatic rings. The number of carbonyl (C=O) groups is 8. The van der Waals surface area contributed by atoms with Crippen molar-refractivity contribution in [1.82, 2.24) is 5.32 Å². The monoisotopic (exact) mass is 1500 g/mol. The fraction of sp³-hybridized carbons (Fsp3) is 0.461. The van der Waals surface area contributed by atoms with Crippen LogP contribution in [-0.2, 0) is 58.8 Å². The third kappa shape index (κ3) is 15.6. The highest BCUT2D eigenvalue weighted by Crippen LogP contribution is 2.66. The van der Waals surface area contributed by atoms with Gasteiger partial charge in [-0.3, -0.25) is 29.8 Å². The number of aliphatic hydroxyl groups is 3. The second kappa shape index (κ2) is 31.9. The first kappa shape index (κ1) is 78.3. The summed E-state index contributed by atoms with van der Waals surface area (Å²) < 4.78 is 44.2. The number of benzene rings is 5. The summed E-state index contributed by atoms with van der Waals surface area (Å²) in [5, 5.41) is 45.3. The van der Waals surface area contributed by atoms with Crippen molar-refractivity contribution in [3.8, 4) is 0 Å². The molecule has 14 unspecified atom stereocenters. The summed E-state index contributed by atoms with van der Waals surface area (Å²) in [5.74, 6) is -5.74. The molecule has 1 aliphatic heterocycles. The van der Waals surface area contributed by atoms with E-state index in [-0.39, 0.29) is 46.1 Å². The molecule has 8 aliphatic rings. The van der Waals surface area contributed by atoms with Gasteiger partial charge < -0.3 is 53.8 Å². The standard InChI is InChI=1S/C89H101N3O18/c1-51(66-43-44-67-59(28-20-46-86(66,67)8)36-35-58-27-19-29-68(95)52(58)2)30-45-69(60-37-38-60)107-83(101)90-64-39-31-56(32-40-64)47-57-33-41-65(42-34-57)91-84(102)108-71-48-72-88(50-104-72,110-55(5)94)77-79(109-81(99)63-25-17-12-18-26-63)89(103)49-70(53(3)73(85(89,6)7)76(105-54(4)93)78(97)87(71,77)9)106-82(100)75(96)74(61-21-13-10-14-22-61)92-80(98)62-23-15-11-16-24-62/h10-18,21-26,30-36,39-42,45,51,60,66-72,74-77,79,95-96,103H,2,19-20,27-29,37-38,43-44,46-50H2,1,3-9H3,(H,90,101)(H,91,102)(H,92,98)/b45-30+,58-35-,59-36+/t51-,66?,67?,68-,69?,70?,71?,72?,74?,75?,76?,77?,79?,86+,87?,88?,89?/m0/s1. The Balaban J connectivity index is 0.714. The van der Waals surface area contributed by atoms with E-state index in [0.29, 0.717) is 41.1 Å². The maximum absolute atomic E-state index is 16.6. The fourth-order valence-corrected chi connectivity index (χ4v) is 19.2. The number of Topliss-reactive ketones (excluding diaryl/α,β-unsaturated/α-hetero) is 1. The zero-order chi connectivity index (χ0) is 78.2. The smallest absolute Gasteiger partial charge is 0.412 e. The number of fused-ring (bicyclic) bond motifs is 6. The number of esters is 4. The minimum Gasteiger partial charge on any atom is -0.456 e. The lowest BCUT2D eigenvalue weighted by Crippen LogP contribution is -2.82. The number of allylic oxidation sites excluding steroid dienone is 4. The minimum atomic E-state index is -2.54. The second-order valence-electron chi connectivity index (χ2n) is 32.5. The molecule has 0 radical (unpaired) electrons. The van der Waals surface area contributed by atoms with Crippen LogP contribution in [0.5, 0.6) is 0 Å². The molecule has 110 heavy (non-hydrogen) atoms. The molecule has 2 bridgehead atoms. The van der Waals surface area contributed by atoms with Gasteiger partial charge in [0.05, 0.1) is 35.6 Å². The third-order valence-electron chi connectivity index (χ3n) is 25.3. The molecule has 7 fully saturated rings. The highest BCUT2D eigenvalue weighted by atomic mass is 16.6. The van der Waals surface area contributed by atoms with Gasteiger partial charge in [-0.05, 0) is 207 Å². The van der Waals surface area contributed by atoms with E-state index >= 15 is 4.79 Å². The summed E-state index contributed by atoms with van der Waals surface area (Å²) in [6, 6.07) is 37.2. The van der Waals surface area contributed by atoms with E-state index in [9.17, 15) is 48.9 Å². The predicted molar refractivity (Wildman–Crippen MR) is 410 cm³/mol. The first-order chi connectivity index (χ1) is 52.5. The maximum Gasteiger partial charge on any atom is 0.412 e. The van der Waals surface area contributed by atoms with Gasteiger partial charge >= 0.3 is 36.1 Å². The number of amides is 3. The van der Waals surface area contributed by atoms with Gasteiger partial charge in [0.15, 0.2) is 23.6 Å². The van der Waals surface area contributed by atoms with Gasteiger partial charge in [-0.1, -0.05) is 149 Å². The summed E-state index contributed by atoms with van der Waals surface area (Å²) in [7, 11) is 0. The lowest BCUT2D eigenvalue weighted by Gasteiger charge is -2.67. The zero-order valence-electron chi connectivity index (χ0n) is 63.7. The molecule has 3 amide bonds. The molecule has 0 spiro atoms. The Hall–Kier alpha value is -9.80. The molecular formula is C89H101N3O18. The molecule has 21 nitrogen and oxygen atoms in total. The molecule has 17 atom stereocenters. The molecule has 0 aromatic heterocycles. The van der Waals surface area contributed by atoms with Crippen LogP contribution >= 0.6 is 0 Å². The number of hydrogen-bond donors (Lipinski definition) is 6. The molecule has 6 N–H and O–H groups in total. The quantitative estimate of drug-likeness (QED) is 0.0226. The molecule has 5 aromatic carbocycles. The van der Waals surface area contributed by atoms with Crippen molar-refractivity contribution in [2.75, 3.05) is 17.2 Å². The molecule has 13 rings (SSSR count). The van der Waals surface area contributed by atoms with Crippen LogP contribution in [0.15, 0.2) is 198 Å². The number of aliphatic hydroxyl groups excluding tert-OH is 2. The van der Waals surface area contributed by atoms with E-state index in [2.05, 4.69) is 60.7 Å². The third-order valence-corrected chi connectivity index (χ3v) is 25.3. The van der Waals surface area contributed by atoms with Crippen molar-refractivity contribution in [2.24, 2.45) is 45.8 Å². The minimum absolute atomic E-state index is 0.0154. The van der Waals surface area contributed by atoms with Crippen LogP contribution in [-0.4, -0.2) is 130 Å². The Kier molecular flexibility index (Phi) is 22.7. The lowest BCUT2D eigenvalue weighted by molar-refractivity contribution is -0.345. The maximum atomic E-state index is 16.6. The Morgan fingerprint density at radius 3 is 1.95 bits per heavy atom. The van der Waals surface area contributed by atoms with E-state index < -0.39 is 138 Å². The average Bonchev–Trinajstić information content (AvgIpc) is 1.34. The van der Waals surface area contributed by atoms with Crippen LogP contribution in [0.2, 0.25) is 0 Å². The normalized spacial score (nSPS) is 30.6. The first-order valence-corrected chi connectivity index (χ1v) is 38.6. The largest absolute Gasteiger partial charge is 0.456 e. The van der Waals surface area contributed by atoms with Crippen LogP contribution < -0.4 is 16.0 Å². The van der Waals surface area contributed by atoms with Crippen LogP contribution in [0.3, 0.4) is 0 Å². The van der Waals surface area contributed by atoms with Crippen molar-refractivity contribution < 1.29 is 86.8 Å². The summed E-state index contributed by atoms with van der Waals surface area (Å²) in [6.07, 6.45) is 6.20. The van der Waals surface area contributed by atoms with Crippen LogP contribution in [0, 0.1) is 45.8 Å². The SMILES string of the molecule is C=C1/C(=C\C=C2/CCC[C@@]3(C)C2CCC3[C@@H](C)/C=C/C(OC(=O)Nc2ccc(Cc3ccc(NC(=O)OC4CC5OCC5(OC(C)=O)C5C(OC(=O)c6ccccc6)C6(O)CC(OC(=O)C(O)C(NC(=O)c7ccccc7)c7ccccc7)C(C)=C(C(OC(C)=O)C(=O)C45C)C6(C)C)cc3)cc2)C2CC2)CCC[C@@H]1O. The van der Waals surface area contributed by atoms with Gasteiger partial charge in [-0.25, -0.2) is 19.2 Å². The molecule has 21 heteroatoms. The number of anilines is 2. The molecule has 6 saturated carbocycles. The van der Waals surface area contributed by atoms with Crippen molar-refractivity contribution in [3.05, 3.63) is 226 Å². The average molecular weight is 1500 g/mol. The molecule has 7 aliphatic carbocycles. The molecular weight excluding hydrogens is 1400 g/mol. The van der Waals surface area contributed by atoms with E-state index in [1.54, 1.807) is 105 Å². The van der Waals surface area contributed by atoms with E-state index in [0.717, 1.165) is 88.3 Å². The number of rotatable bonds is 21. The van der Waals surface area contributed by atoms with Gasteiger partial charge in [0.1, 0.15) is 36.1 Å². The fourth-order valence-electron chi connectivity index (χ4n) is 19.2. The molecule has 580 valence electrons. The van der Waals surface area contributed by atoms with Gasteiger partial charge in [0, 0.05) is 49.0 Å². The Morgan fingerprint density at radius 1 is 0.709 bits per heavy atom. The van der Waals surface area contributed by atoms with Crippen molar-refractivity contribution >= 4 is 59.1 Å². The van der Waals surface area contributed by atoms with Gasteiger partial charge in [-0.15, -0.1) is 0 Å². The summed E-state index contributed by atoms with van der Waals surface area (Å²) >= 11 is 0. The highest BCUT2D eigenvalue weighted by molar-refractivity contribution is 5.97. The zero-order valence-corrected chi connectivity index (χ0v) is 63.7. The Labute approximate surface area is 642 Å². The number of hydrogen-bond acceptors (Lipinski definition) is 18. The lowest BCUT2D eigenvalue weighted by atomic mass is 9.44. The number of ketones is 1. The summed E-state index contributed by atoms with van der Waals surface area (Å²) in [4.78, 5) is 116. The van der Waals surface area contributed by atoms with Gasteiger partial charge in [0.2, 0.25) is 0 Å². The topological polar surface area (TPSA) is 298 Å². The van der Waals surface area contributed by atoms with E-state index in [1.807, 2.05) is 36.4 Å².